The van der Waals surface area contributed by atoms with Crippen LogP contribution in [0.1, 0.15) is 36.8 Å². The summed E-state index contributed by atoms with van der Waals surface area (Å²) in [6.45, 7) is 1.96. The first-order valence-electron chi connectivity index (χ1n) is 7.76. The molecule has 124 valence electrons. The van der Waals surface area contributed by atoms with Crippen molar-refractivity contribution < 1.29 is 14.0 Å². The molecule has 0 amide bonds. The zero-order chi connectivity index (χ0) is 17.4. The summed E-state index contributed by atoms with van der Waals surface area (Å²) in [4.78, 5) is 24.3. The van der Waals surface area contributed by atoms with Crippen molar-refractivity contribution in [1.82, 2.24) is 0 Å². The predicted octanol–water partition coefficient (Wildman–Crippen LogP) is 5.38. The van der Waals surface area contributed by atoms with Crippen molar-refractivity contribution in [3.8, 4) is 11.1 Å². The summed E-state index contributed by atoms with van der Waals surface area (Å²) in [7, 11) is 0. The van der Waals surface area contributed by atoms with Crippen LogP contribution in [0.3, 0.4) is 0 Å². The molecular formula is C19H15Cl2FO2. The molecule has 2 aromatic carbocycles. The molecule has 0 atom stereocenters. The number of ketones is 2. The molecule has 0 bridgehead atoms. The average Bonchev–Trinajstić information content (AvgIpc) is 2.91. The third-order valence-electron chi connectivity index (χ3n) is 4.45. The molecule has 0 radical (unpaired) electrons. The van der Waals surface area contributed by atoms with Gasteiger partial charge in [-0.25, -0.2) is 4.39 Å². The fourth-order valence-corrected chi connectivity index (χ4v) is 3.47. The summed E-state index contributed by atoms with van der Waals surface area (Å²) < 4.78 is 14.4. The largest absolute Gasteiger partial charge is 0.299 e. The second kappa shape index (κ2) is 6.66. The summed E-state index contributed by atoms with van der Waals surface area (Å²) in [6, 6.07) is 8.42. The fraction of sp³-hybridized carbons (Fsp3) is 0.263. The number of carbonyl (C=O) groups excluding carboxylic acids is 2. The summed E-state index contributed by atoms with van der Waals surface area (Å²) in [5, 5.41) is 0.00720. The molecule has 1 saturated carbocycles. The lowest BCUT2D eigenvalue weighted by molar-refractivity contribution is -0.123. The van der Waals surface area contributed by atoms with Gasteiger partial charge in [-0.15, -0.1) is 0 Å². The Labute approximate surface area is 149 Å². The molecular weight excluding hydrogens is 350 g/mol. The fourth-order valence-electron chi connectivity index (χ4n) is 3.16. The Bertz CT molecular complexity index is 830. The standard InChI is InChI=1S/C19H15Cl2FO2/c1-2-10-3-4-11(12-5-6-14(20)18(21)19(12)22)9-13(10)17-15(23)7-8-16(17)24/h3-6,9,17H,2,7-8H2,1H3. The van der Waals surface area contributed by atoms with Crippen LogP contribution in [0.4, 0.5) is 4.39 Å². The minimum atomic E-state index is -0.731. The number of rotatable bonds is 3. The van der Waals surface area contributed by atoms with Gasteiger partial charge in [0, 0.05) is 18.4 Å². The van der Waals surface area contributed by atoms with E-state index in [1.54, 1.807) is 18.2 Å². The molecule has 1 aliphatic rings. The van der Waals surface area contributed by atoms with Gasteiger partial charge in [-0.1, -0.05) is 42.3 Å². The van der Waals surface area contributed by atoms with Crippen molar-refractivity contribution in [1.29, 1.82) is 0 Å². The maximum Gasteiger partial charge on any atom is 0.151 e. The molecule has 1 fully saturated rings. The predicted molar refractivity (Wildman–Crippen MR) is 93.2 cm³/mol. The van der Waals surface area contributed by atoms with Gasteiger partial charge >= 0.3 is 0 Å². The Morgan fingerprint density at radius 2 is 1.75 bits per heavy atom. The topological polar surface area (TPSA) is 34.1 Å². The van der Waals surface area contributed by atoms with Crippen molar-refractivity contribution in [2.75, 3.05) is 0 Å². The molecule has 0 aromatic heterocycles. The van der Waals surface area contributed by atoms with Gasteiger partial charge in [0.15, 0.2) is 5.82 Å². The van der Waals surface area contributed by atoms with Crippen molar-refractivity contribution in [2.24, 2.45) is 0 Å². The van der Waals surface area contributed by atoms with Gasteiger partial charge < -0.3 is 0 Å². The molecule has 0 spiro atoms. The maximum absolute atomic E-state index is 14.4. The van der Waals surface area contributed by atoms with Gasteiger partial charge in [0.1, 0.15) is 17.5 Å². The highest BCUT2D eigenvalue weighted by atomic mass is 35.5. The van der Waals surface area contributed by atoms with Crippen LogP contribution in [0.25, 0.3) is 11.1 Å². The number of benzene rings is 2. The first-order chi connectivity index (χ1) is 11.4. The molecule has 3 rings (SSSR count). The SMILES string of the molecule is CCc1ccc(-c2ccc(Cl)c(Cl)c2F)cc1C1C(=O)CCC1=O. The van der Waals surface area contributed by atoms with Crippen LogP contribution in [0.2, 0.25) is 10.0 Å². The van der Waals surface area contributed by atoms with E-state index >= 15 is 0 Å². The van der Waals surface area contributed by atoms with Gasteiger partial charge in [-0.3, -0.25) is 9.59 Å². The van der Waals surface area contributed by atoms with Crippen LogP contribution in [0.15, 0.2) is 30.3 Å². The second-order valence-electron chi connectivity index (χ2n) is 5.86. The number of Topliss-reactive ketones (excluding diaryl/α,β-unsaturated/α-hetero) is 2. The highest BCUT2D eigenvalue weighted by Gasteiger charge is 2.35. The molecule has 0 N–H and O–H groups in total. The Kier molecular flexibility index (Phi) is 4.75. The smallest absolute Gasteiger partial charge is 0.151 e. The van der Waals surface area contributed by atoms with E-state index in [2.05, 4.69) is 0 Å². The lowest BCUT2D eigenvalue weighted by atomic mass is 9.87. The molecule has 0 heterocycles. The number of halogens is 3. The summed E-state index contributed by atoms with van der Waals surface area (Å²) in [5.74, 6) is -1.47. The van der Waals surface area contributed by atoms with Gasteiger partial charge in [-0.2, -0.15) is 0 Å². The van der Waals surface area contributed by atoms with E-state index in [0.29, 0.717) is 23.1 Å². The second-order valence-corrected chi connectivity index (χ2v) is 6.64. The molecule has 2 aromatic rings. The summed E-state index contributed by atoms with van der Waals surface area (Å²) in [6.07, 6.45) is 1.24. The quantitative estimate of drug-likeness (QED) is 0.541. The van der Waals surface area contributed by atoms with Crippen molar-refractivity contribution in [2.45, 2.75) is 32.1 Å². The first kappa shape index (κ1) is 17.1. The van der Waals surface area contributed by atoms with E-state index < -0.39 is 11.7 Å². The lowest BCUT2D eigenvalue weighted by Gasteiger charge is -2.15. The van der Waals surface area contributed by atoms with E-state index in [1.165, 1.54) is 6.07 Å². The first-order valence-corrected chi connectivity index (χ1v) is 8.51. The molecule has 0 saturated heterocycles. The minimum Gasteiger partial charge on any atom is -0.299 e. The van der Waals surface area contributed by atoms with E-state index in [0.717, 1.165) is 5.56 Å². The van der Waals surface area contributed by atoms with E-state index in [-0.39, 0.29) is 34.5 Å². The van der Waals surface area contributed by atoms with E-state index in [4.69, 9.17) is 23.2 Å². The van der Waals surface area contributed by atoms with Crippen molar-refractivity contribution in [3.63, 3.8) is 0 Å². The molecule has 5 heteroatoms. The monoisotopic (exact) mass is 364 g/mol. The average molecular weight is 365 g/mol. The Hall–Kier alpha value is -1.71. The van der Waals surface area contributed by atoms with Gasteiger partial charge in [-0.05, 0) is 41.3 Å². The zero-order valence-electron chi connectivity index (χ0n) is 13.0. The van der Waals surface area contributed by atoms with E-state index in [1.807, 2.05) is 13.0 Å². The molecule has 24 heavy (non-hydrogen) atoms. The van der Waals surface area contributed by atoms with Crippen LogP contribution in [-0.4, -0.2) is 11.6 Å². The maximum atomic E-state index is 14.4. The highest BCUT2D eigenvalue weighted by molar-refractivity contribution is 6.42. The van der Waals surface area contributed by atoms with Crippen LogP contribution < -0.4 is 0 Å². The third-order valence-corrected chi connectivity index (χ3v) is 5.23. The lowest BCUT2D eigenvalue weighted by Crippen LogP contribution is -2.14. The summed E-state index contributed by atoms with van der Waals surface area (Å²) in [5.41, 5.74) is 2.47. The molecule has 0 unspecified atom stereocenters. The Balaban J connectivity index is 2.15. The molecule has 1 aliphatic carbocycles. The normalized spacial score (nSPS) is 15.3. The zero-order valence-corrected chi connectivity index (χ0v) is 14.5. The van der Waals surface area contributed by atoms with Gasteiger partial charge in [0.2, 0.25) is 0 Å². The van der Waals surface area contributed by atoms with Crippen LogP contribution in [-0.2, 0) is 16.0 Å². The highest BCUT2D eigenvalue weighted by Crippen LogP contribution is 2.37. The number of carbonyl (C=O) groups is 2. The van der Waals surface area contributed by atoms with Crippen LogP contribution in [0.5, 0.6) is 0 Å². The molecule has 0 aliphatic heterocycles. The third kappa shape index (κ3) is 2.87. The Morgan fingerprint density at radius 1 is 1.08 bits per heavy atom. The summed E-state index contributed by atoms with van der Waals surface area (Å²) >= 11 is 11.7. The van der Waals surface area contributed by atoms with Gasteiger partial charge in [0.25, 0.3) is 0 Å². The van der Waals surface area contributed by atoms with Crippen LogP contribution >= 0.6 is 23.2 Å². The number of aryl methyl sites for hydroxylation is 1. The van der Waals surface area contributed by atoms with Crippen molar-refractivity contribution >= 4 is 34.8 Å². The van der Waals surface area contributed by atoms with Gasteiger partial charge in [0.05, 0.1) is 10.0 Å². The Morgan fingerprint density at radius 3 is 2.38 bits per heavy atom. The van der Waals surface area contributed by atoms with Crippen LogP contribution in [0, 0.1) is 5.82 Å². The molecule has 2 nitrogen and oxygen atoms in total. The van der Waals surface area contributed by atoms with E-state index in [9.17, 15) is 14.0 Å². The van der Waals surface area contributed by atoms with Crippen molar-refractivity contribution in [3.05, 3.63) is 57.3 Å². The number of hydrogen-bond donors (Lipinski definition) is 0. The number of hydrogen-bond acceptors (Lipinski definition) is 2. The minimum absolute atomic E-state index is 0.0681.